The molecule has 3 aromatic rings. The average Bonchev–Trinajstić information content (AvgIpc) is 2.17. The van der Waals surface area contributed by atoms with Gasteiger partial charge in [0, 0.05) is 89.1 Å². The second-order valence-electron chi connectivity index (χ2n) is 25.8. The second-order valence-corrected chi connectivity index (χ2v) is 25.8. The monoisotopic (exact) mass is 1390 g/mol. The van der Waals surface area contributed by atoms with Crippen molar-refractivity contribution < 1.29 is 67.8 Å². The summed E-state index contributed by atoms with van der Waals surface area (Å²) in [5.74, 6) is 0.957. The van der Waals surface area contributed by atoms with E-state index in [4.69, 9.17) is 33.2 Å². The number of quaternary nitrogens is 2. The number of esters is 1. The molecule has 6 heterocycles. The molecule has 9 rings (SSSR count). The number of hydrogen-bond acceptors (Lipinski definition) is 10. The topological polar surface area (TPSA) is 92.6 Å². The van der Waals surface area contributed by atoms with E-state index in [1.165, 1.54) is 90.6 Å². The normalized spacial score (nSPS) is 20.4. The van der Waals surface area contributed by atoms with E-state index in [0.29, 0.717) is 24.7 Å². The molecular weight excluding hydrogens is 1260 g/mol. The van der Waals surface area contributed by atoms with Crippen molar-refractivity contribution in [1.29, 1.82) is 0 Å². The first kappa shape index (κ1) is 83.7. The Bertz CT molecular complexity index is 2140. The SMILES string of the molecule is CC.CC.CC1COC(c2ccccc2)(c2ccccc2)O1.CCCC(C)(C)C.CN1CCC2(CC1)OC(=O)C(C)(C)O2.COc1ccccc1COCCCCCCOC(C)C.C[C-]1CCN(C)CC1.C[N+]1(C)CC=CCC1.C[NH+]1CC=CCC1.[Re]. The molecule has 0 amide bonds. The van der Waals surface area contributed by atoms with Gasteiger partial charge >= 0.3 is 5.97 Å². The van der Waals surface area contributed by atoms with Crippen LogP contribution in [0.2, 0.25) is 0 Å². The fraction of sp³-hybridized carbons (Fsp3) is 0.676. The first-order valence-corrected chi connectivity index (χ1v) is 33.2. The molecule has 3 aromatic carbocycles. The Morgan fingerprint density at radius 1 is 0.770 bits per heavy atom. The molecule has 6 aliphatic heterocycles. The Labute approximate surface area is 548 Å². The van der Waals surface area contributed by atoms with Gasteiger partial charge in [-0.05, 0) is 105 Å². The summed E-state index contributed by atoms with van der Waals surface area (Å²) < 4.78 is 40.9. The molecule has 1 radical (unpaired) electrons. The minimum Gasteiger partial charge on any atom is -0.496 e. The number of unbranched alkanes of at least 4 members (excludes halogenated alkanes) is 3. The van der Waals surface area contributed by atoms with Crippen molar-refractivity contribution in [2.45, 2.75) is 210 Å². The van der Waals surface area contributed by atoms with Crippen LogP contribution in [0.3, 0.4) is 0 Å². The van der Waals surface area contributed by atoms with Crippen LogP contribution in [0, 0.1) is 11.3 Å². The fourth-order valence-corrected chi connectivity index (χ4v) is 9.91. The molecule has 13 heteroatoms. The number of nitrogens with zero attached hydrogens (tertiary/aromatic N) is 3. The summed E-state index contributed by atoms with van der Waals surface area (Å²) in [5.41, 5.74) is 2.98. The molecule has 1 N–H and O–H groups in total. The van der Waals surface area contributed by atoms with Crippen LogP contribution in [0.15, 0.2) is 109 Å². The van der Waals surface area contributed by atoms with Gasteiger partial charge in [0.2, 0.25) is 11.6 Å². The van der Waals surface area contributed by atoms with Crippen LogP contribution in [0.25, 0.3) is 0 Å². The van der Waals surface area contributed by atoms with Crippen LogP contribution >= 0.6 is 0 Å². The summed E-state index contributed by atoms with van der Waals surface area (Å²) in [4.78, 5) is 17.7. The Hall–Kier alpha value is -3.29. The summed E-state index contributed by atoms with van der Waals surface area (Å²) in [6.45, 7) is 41.4. The molecule has 6 aliphatic rings. The largest absolute Gasteiger partial charge is 0.496 e. The van der Waals surface area contributed by atoms with E-state index in [-0.39, 0.29) is 32.5 Å². The number of likely N-dealkylation sites (tertiary alicyclic amines) is 2. The fourth-order valence-electron chi connectivity index (χ4n) is 9.91. The molecule has 0 aliphatic carbocycles. The van der Waals surface area contributed by atoms with E-state index in [1.807, 2.05) is 120 Å². The van der Waals surface area contributed by atoms with Crippen molar-refractivity contribution in [1.82, 2.24) is 9.80 Å². The minimum absolute atomic E-state index is 0. The van der Waals surface area contributed by atoms with E-state index >= 15 is 0 Å². The van der Waals surface area contributed by atoms with Gasteiger partial charge in [-0.15, -0.1) is 0 Å². The van der Waals surface area contributed by atoms with Gasteiger partial charge in [0.1, 0.15) is 5.75 Å². The molecule has 4 saturated heterocycles. The van der Waals surface area contributed by atoms with Crippen molar-refractivity contribution in [3.05, 3.63) is 132 Å². The third-order valence-electron chi connectivity index (χ3n) is 15.1. The molecule has 0 bridgehead atoms. The number of nitrogens with one attached hydrogen (secondary N) is 1. The van der Waals surface area contributed by atoms with E-state index in [1.54, 1.807) is 31.8 Å². The number of benzene rings is 3. The van der Waals surface area contributed by atoms with Gasteiger partial charge in [-0.2, -0.15) is 19.8 Å². The zero-order valence-electron chi connectivity index (χ0n) is 59.0. The molecule has 2 unspecified atom stereocenters. The van der Waals surface area contributed by atoms with Crippen molar-refractivity contribution in [2.24, 2.45) is 5.41 Å². The van der Waals surface area contributed by atoms with Crippen molar-refractivity contribution >= 4 is 5.97 Å². The summed E-state index contributed by atoms with van der Waals surface area (Å²) in [5, 5.41) is 0. The van der Waals surface area contributed by atoms with Crippen molar-refractivity contribution in [2.75, 3.05) is 115 Å². The number of piperidine rings is 2. The van der Waals surface area contributed by atoms with Gasteiger partial charge in [-0.25, -0.2) is 4.79 Å². The molecule has 2 atom stereocenters. The third-order valence-corrected chi connectivity index (χ3v) is 15.1. The van der Waals surface area contributed by atoms with Gasteiger partial charge in [-0.1, -0.05) is 166 Å². The molecule has 0 saturated carbocycles. The van der Waals surface area contributed by atoms with Gasteiger partial charge < -0.3 is 58.3 Å². The van der Waals surface area contributed by atoms with Crippen molar-refractivity contribution in [3.63, 3.8) is 0 Å². The quantitative estimate of drug-likeness (QED) is 0.0553. The predicted molar refractivity (Wildman–Crippen MR) is 362 cm³/mol. The standard InChI is InChI=1S/C17H28O3.C16H16O2.C10H17NO3.2C7H14N.C7H16.C6H11N.2C2H6.Re/c1-15(2)20-13-9-5-4-8-12-19-14-16-10-6-7-11-17(16)18-3;1-13-12-17-16(18-13,14-8-4-2-5-9-14)15-10-6-3-7-11-15;1-9(2)8(12)13-10(14-9)4-6-11(3)7-5-10;1-7-3-5-8(2)6-4-7;1-8(2)6-4-3-5-7-8;1-5-6-7(2,3)4;1-7-5-3-2-4-6-7;2*1-2;/h6-7,10-11,15H,4-5,8-9,12-14H2,1-3H3;2-11,13H,12H2,1H3;4-7H2,1-3H3;3-6H2,1-2H3;3-4H,5-7H2,1-2H3;5-6H2,1-4H3;2-3H,4-6H2,1H3;2*1-2H3;/q;;;-1;+1;;;;;/p+1. The average molecular weight is 1390 g/mol. The number of carbonyl (C=O) groups excluding carboxylic acids is 1. The molecule has 12 nitrogen and oxygen atoms in total. The molecule has 87 heavy (non-hydrogen) atoms. The number of rotatable bonds is 14. The Kier molecular flexibility index (Phi) is 45.0. The zero-order chi connectivity index (χ0) is 64.5. The molecule has 1 spiro atoms. The maximum absolute atomic E-state index is 11.5. The first-order chi connectivity index (χ1) is 40.9. The predicted octanol–water partition coefficient (Wildman–Crippen LogP) is 15.0. The Morgan fingerprint density at radius 3 is 1.70 bits per heavy atom. The number of likely N-dealkylation sites (N-methyl/N-ethyl adjacent to an activating group) is 2. The van der Waals surface area contributed by atoms with Gasteiger partial charge in [0.15, 0.2) is 5.60 Å². The maximum Gasteiger partial charge on any atom is 0.340 e. The first-order valence-electron chi connectivity index (χ1n) is 33.2. The number of ether oxygens (including phenoxy) is 7. The van der Waals surface area contributed by atoms with E-state index in [0.717, 1.165) is 78.9 Å². The second kappa shape index (κ2) is 46.7. The van der Waals surface area contributed by atoms with E-state index < -0.39 is 17.2 Å². The summed E-state index contributed by atoms with van der Waals surface area (Å²) >= 11 is 0. The number of carbonyl (C=O) groups is 1. The number of para-hydroxylation sites is 1. The van der Waals surface area contributed by atoms with Gasteiger partial charge in [0.05, 0.1) is 79.9 Å². The summed E-state index contributed by atoms with van der Waals surface area (Å²) in [6, 6.07) is 28.2. The molecular formula is C74H129N4O8Re+. The van der Waals surface area contributed by atoms with Gasteiger partial charge in [0.25, 0.3) is 0 Å². The molecule has 4 fully saturated rings. The third kappa shape index (κ3) is 36.4. The van der Waals surface area contributed by atoms with E-state index in [2.05, 4.69) is 118 Å². The van der Waals surface area contributed by atoms with Crippen LogP contribution in [-0.4, -0.2) is 158 Å². The van der Waals surface area contributed by atoms with E-state index in [9.17, 15) is 4.79 Å². The summed E-state index contributed by atoms with van der Waals surface area (Å²) in [7, 11) is 12.7. The molecule has 499 valence electrons. The maximum atomic E-state index is 11.5. The summed E-state index contributed by atoms with van der Waals surface area (Å²) in [6.07, 6.45) is 23.5. The Balaban J connectivity index is 0.00000102. The zero-order valence-corrected chi connectivity index (χ0v) is 61.7. The Morgan fingerprint density at radius 2 is 1.31 bits per heavy atom. The van der Waals surface area contributed by atoms with Crippen LogP contribution in [0.1, 0.15) is 191 Å². The van der Waals surface area contributed by atoms with Crippen LogP contribution in [0.4, 0.5) is 0 Å². The molecule has 0 aromatic heterocycles. The minimum atomic E-state index is -0.768. The van der Waals surface area contributed by atoms with Crippen LogP contribution in [-0.2, 0) is 66.0 Å². The van der Waals surface area contributed by atoms with Crippen LogP contribution in [0.5, 0.6) is 5.75 Å². The smallest absolute Gasteiger partial charge is 0.340 e. The van der Waals surface area contributed by atoms with Gasteiger partial charge in [-0.3, -0.25) is 0 Å². The number of hydrogen-bond donors (Lipinski definition) is 1. The number of methoxy groups -OCH3 is 1. The van der Waals surface area contributed by atoms with Crippen LogP contribution < -0.4 is 9.64 Å². The van der Waals surface area contributed by atoms with Crippen molar-refractivity contribution in [3.8, 4) is 5.75 Å².